The summed E-state index contributed by atoms with van der Waals surface area (Å²) in [5.41, 5.74) is 3.10. The Balaban J connectivity index is 1.77. The lowest BCUT2D eigenvalue weighted by Crippen LogP contribution is -1.96. The number of hydrogen-bond acceptors (Lipinski definition) is 3. The van der Waals surface area contributed by atoms with Crippen LogP contribution >= 0.6 is 23.2 Å². The number of allylic oxidation sites excluding steroid dienone is 1. The second kappa shape index (κ2) is 9.32. The third-order valence-electron chi connectivity index (χ3n) is 4.10. The smallest absolute Gasteiger partial charge is 0.120 e. The number of hydrogen-bond donors (Lipinski definition) is 0. The SMILES string of the molecule is COc1ccc(/C(C#N)=C/c2cccc(OCc3ccc(Cl)cc3Cl)c2)cc1. The Bertz CT molecular complexity index is 1040. The summed E-state index contributed by atoms with van der Waals surface area (Å²) >= 11 is 12.1. The highest BCUT2D eigenvalue weighted by molar-refractivity contribution is 6.35. The van der Waals surface area contributed by atoms with Crippen molar-refractivity contribution in [2.45, 2.75) is 6.61 Å². The first kappa shape index (κ1) is 19.8. The molecule has 0 bridgehead atoms. The molecule has 0 fully saturated rings. The largest absolute Gasteiger partial charge is 0.497 e. The van der Waals surface area contributed by atoms with Gasteiger partial charge < -0.3 is 9.47 Å². The van der Waals surface area contributed by atoms with Gasteiger partial charge in [0.15, 0.2) is 0 Å². The molecule has 3 aromatic rings. The van der Waals surface area contributed by atoms with E-state index in [-0.39, 0.29) is 0 Å². The first-order valence-corrected chi connectivity index (χ1v) is 9.27. The summed E-state index contributed by atoms with van der Waals surface area (Å²) in [6, 6.07) is 22.5. The molecule has 0 aliphatic carbocycles. The molecule has 0 radical (unpaired) electrons. The molecule has 28 heavy (non-hydrogen) atoms. The summed E-state index contributed by atoms with van der Waals surface area (Å²) in [5.74, 6) is 1.43. The van der Waals surface area contributed by atoms with Gasteiger partial charge in [-0.05, 0) is 65.7 Å². The van der Waals surface area contributed by atoms with Gasteiger partial charge in [0.2, 0.25) is 0 Å². The maximum absolute atomic E-state index is 9.54. The third kappa shape index (κ3) is 5.07. The van der Waals surface area contributed by atoms with E-state index in [1.165, 1.54) is 0 Å². The molecular weight excluding hydrogens is 393 g/mol. The fourth-order valence-electron chi connectivity index (χ4n) is 2.61. The predicted molar refractivity (Wildman–Crippen MR) is 114 cm³/mol. The molecule has 0 saturated heterocycles. The van der Waals surface area contributed by atoms with E-state index >= 15 is 0 Å². The van der Waals surface area contributed by atoms with Crippen molar-refractivity contribution >= 4 is 34.9 Å². The van der Waals surface area contributed by atoms with Gasteiger partial charge in [-0.2, -0.15) is 5.26 Å². The van der Waals surface area contributed by atoms with E-state index < -0.39 is 0 Å². The van der Waals surface area contributed by atoms with Crippen LogP contribution in [-0.2, 0) is 6.61 Å². The minimum absolute atomic E-state index is 0.326. The average molecular weight is 410 g/mol. The average Bonchev–Trinajstić information content (AvgIpc) is 2.72. The Morgan fingerprint density at radius 1 is 1.00 bits per heavy atom. The zero-order valence-corrected chi connectivity index (χ0v) is 16.7. The third-order valence-corrected chi connectivity index (χ3v) is 4.69. The summed E-state index contributed by atoms with van der Waals surface area (Å²) < 4.78 is 11.0. The molecule has 3 rings (SSSR count). The molecule has 3 aromatic carbocycles. The lowest BCUT2D eigenvalue weighted by molar-refractivity contribution is 0.306. The number of nitrogens with zero attached hydrogens (tertiary/aromatic N) is 1. The molecule has 5 heteroatoms. The van der Waals surface area contributed by atoms with Crippen molar-refractivity contribution in [1.29, 1.82) is 5.26 Å². The number of halogens is 2. The zero-order chi connectivity index (χ0) is 19.9. The fraction of sp³-hybridized carbons (Fsp3) is 0.0870. The van der Waals surface area contributed by atoms with Crippen molar-refractivity contribution in [3.8, 4) is 17.6 Å². The highest BCUT2D eigenvalue weighted by Crippen LogP contribution is 2.25. The van der Waals surface area contributed by atoms with E-state index in [1.807, 2.05) is 60.7 Å². The number of methoxy groups -OCH3 is 1. The molecule has 140 valence electrons. The zero-order valence-electron chi connectivity index (χ0n) is 15.2. The molecule has 3 nitrogen and oxygen atoms in total. The van der Waals surface area contributed by atoms with Crippen LogP contribution in [0, 0.1) is 11.3 Å². The van der Waals surface area contributed by atoms with Crippen molar-refractivity contribution < 1.29 is 9.47 Å². The van der Waals surface area contributed by atoms with Crippen LogP contribution in [-0.4, -0.2) is 7.11 Å². The Morgan fingerprint density at radius 2 is 1.79 bits per heavy atom. The number of ether oxygens (including phenoxy) is 2. The maximum atomic E-state index is 9.54. The van der Waals surface area contributed by atoms with Crippen LogP contribution in [0.1, 0.15) is 16.7 Å². The molecule has 0 saturated carbocycles. The summed E-state index contributed by atoms with van der Waals surface area (Å²) in [7, 11) is 1.61. The molecule has 0 amide bonds. The van der Waals surface area contributed by atoms with Gasteiger partial charge in [0.05, 0.1) is 18.8 Å². The van der Waals surface area contributed by atoms with Gasteiger partial charge in [0.25, 0.3) is 0 Å². The first-order valence-electron chi connectivity index (χ1n) is 8.52. The van der Waals surface area contributed by atoms with E-state index in [1.54, 1.807) is 19.2 Å². The summed E-state index contributed by atoms with van der Waals surface area (Å²) in [6.07, 6.45) is 1.82. The van der Waals surface area contributed by atoms with Gasteiger partial charge in [0, 0.05) is 15.6 Å². The quantitative estimate of drug-likeness (QED) is 0.338. The second-order valence-corrected chi connectivity index (χ2v) is 6.84. The Labute approximate surface area is 174 Å². The van der Waals surface area contributed by atoms with Crippen LogP contribution in [0.25, 0.3) is 11.6 Å². The van der Waals surface area contributed by atoms with Gasteiger partial charge in [-0.1, -0.05) is 41.4 Å². The van der Waals surface area contributed by atoms with Gasteiger partial charge in [-0.15, -0.1) is 0 Å². The lowest BCUT2D eigenvalue weighted by atomic mass is 10.0. The van der Waals surface area contributed by atoms with E-state index in [4.69, 9.17) is 32.7 Å². The minimum atomic E-state index is 0.326. The van der Waals surface area contributed by atoms with Crippen LogP contribution < -0.4 is 9.47 Å². The molecule has 0 aliphatic heterocycles. The van der Waals surface area contributed by atoms with Gasteiger partial charge in [0.1, 0.15) is 18.1 Å². The van der Waals surface area contributed by atoms with Gasteiger partial charge in [-0.25, -0.2) is 0 Å². The van der Waals surface area contributed by atoms with Crippen LogP contribution in [0.15, 0.2) is 66.7 Å². The number of nitriles is 1. The molecule has 0 aromatic heterocycles. The van der Waals surface area contributed by atoms with Crippen molar-refractivity contribution in [2.24, 2.45) is 0 Å². The van der Waals surface area contributed by atoms with E-state index in [0.29, 0.717) is 28.0 Å². The highest BCUT2D eigenvalue weighted by Gasteiger charge is 2.05. The van der Waals surface area contributed by atoms with Crippen LogP contribution in [0.4, 0.5) is 0 Å². The predicted octanol–water partition coefficient (Wildman–Crippen LogP) is 6.65. The normalized spacial score (nSPS) is 11.0. The van der Waals surface area contributed by atoms with Crippen LogP contribution in [0.2, 0.25) is 10.0 Å². The van der Waals surface area contributed by atoms with E-state index in [9.17, 15) is 5.26 Å². The van der Waals surface area contributed by atoms with E-state index in [0.717, 1.165) is 22.4 Å². The summed E-state index contributed by atoms with van der Waals surface area (Å²) in [4.78, 5) is 0. The first-order chi connectivity index (χ1) is 13.6. The Morgan fingerprint density at radius 3 is 2.46 bits per heavy atom. The van der Waals surface area contributed by atoms with E-state index in [2.05, 4.69) is 6.07 Å². The molecule has 0 aliphatic rings. The second-order valence-electron chi connectivity index (χ2n) is 6.00. The van der Waals surface area contributed by atoms with Crippen LogP contribution in [0.5, 0.6) is 11.5 Å². The Hall–Kier alpha value is -2.93. The molecule has 0 spiro atoms. The highest BCUT2D eigenvalue weighted by atomic mass is 35.5. The number of benzene rings is 3. The van der Waals surface area contributed by atoms with Crippen molar-refractivity contribution in [2.75, 3.05) is 7.11 Å². The topological polar surface area (TPSA) is 42.2 Å². The molecule has 0 unspecified atom stereocenters. The van der Waals surface area contributed by atoms with Gasteiger partial charge in [-0.3, -0.25) is 0 Å². The maximum Gasteiger partial charge on any atom is 0.120 e. The van der Waals surface area contributed by atoms with Crippen LogP contribution in [0.3, 0.4) is 0 Å². The summed E-state index contributed by atoms with van der Waals surface area (Å²) in [6.45, 7) is 0.326. The lowest BCUT2D eigenvalue weighted by Gasteiger charge is -2.09. The van der Waals surface area contributed by atoms with Crippen molar-refractivity contribution in [3.05, 3.63) is 93.5 Å². The monoisotopic (exact) mass is 409 g/mol. The minimum Gasteiger partial charge on any atom is -0.497 e. The Kier molecular flexibility index (Phi) is 6.60. The molecule has 0 heterocycles. The molecule has 0 atom stereocenters. The molecular formula is C23H17Cl2NO2. The summed E-state index contributed by atoms with van der Waals surface area (Å²) in [5, 5.41) is 10.7. The molecule has 0 N–H and O–H groups in total. The number of rotatable bonds is 6. The van der Waals surface area contributed by atoms with Gasteiger partial charge >= 0.3 is 0 Å². The fourth-order valence-corrected chi connectivity index (χ4v) is 3.07. The standard InChI is InChI=1S/C23H17Cl2NO2/c1-27-21-9-6-17(7-10-21)19(14-26)11-16-3-2-4-22(12-16)28-15-18-5-8-20(24)13-23(18)25/h2-13H,15H2,1H3/b19-11+. The van der Waals surface area contributed by atoms with Crippen molar-refractivity contribution in [3.63, 3.8) is 0 Å². The van der Waals surface area contributed by atoms with Crippen molar-refractivity contribution in [1.82, 2.24) is 0 Å².